The van der Waals surface area contributed by atoms with Crippen LogP contribution in [-0.4, -0.2) is 14.2 Å². The van der Waals surface area contributed by atoms with Crippen LogP contribution in [0.15, 0.2) is 40.9 Å². The molecule has 2 rings (SSSR count). The average molecular weight is 335 g/mol. The number of nitrogens with two attached hydrogens (primary N) is 1. The molecule has 4 heteroatoms. The van der Waals surface area contributed by atoms with E-state index in [1.54, 1.807) is 7.11 Å². The Morgan fingerprint density at radius 3 is 2.50 bits per heavy atom. The topological polar surface area (TPSA) is 38.5 Å². The van der Waals surface area contributed by atoms with Gasteiger partial charge >= 0.3 is 0 Å². The van der Waals surface area contributed by atoms with Gasteiger partial charge in [0, 0.05) is 11.5 Å². The first-order chi connectivity index (χ1) is 9.56. The van der Waals surface area contributed by atoms with E-state index < -0.39 is 0 Å². The van der Waals surface area contributed by atoms with Crippen molar-refractivity contribution in [2.45, 2.75) is 13.3 Å². The number of rotatable bonds is 4. The van der Waals surface area contributed by atoms with Gasteiger partial charge in [0.1, 0.15) is 5.75 Å². The van der Waals surface area contributed by atoms with Crippen LogP contribution in [0.2, 0.25) is 0 Å². The van der Waals surface area contributed by atoms with E-state index in [9.17, 15) is 0 Å². The van der Waals surface area contributed by atoms with Crippen LogP contribution in [0, 0.1) is 0 Å². The molecule has 106 valence electrons. The number of anilines is 3. The highest BCUT2D eigenvalue weighted by molar-refractivity contribution is 9.10. The third-order valence-electron chi connectivity index (χ3n) is 3.36. The van der Waals surface area contributed by atoms with Crippen LogP contribution in [-0.2, 0) is 6.42 Å². The van der Waals surface area contributed by atoms with Crippen LogP contribution >= 0.6 is 15.9 Å². The molecule has 2 aromatic carbocycles. The molecule has 2 N–H and O–H groups in total. The second kappa shape index (κ2) is 6.18. The lowest BCUT2D eigenvalue weighted by atomic mass is 10.1. The third kappa shape index (κ3) is 2.90. The molecular weight excluding hydrogens is 316 g/mol. The van der Waals surface area contributed by atoms with Crippen molar-refractivity contribution in [1.82, 2.24) is 0 Å². The lowest BCUT2D eigenvalue weighted by Crippen LogP contribution is -2.13. The molecule has 0 bridgehead atoms. The van der Waals surface area contributed by atoms with Crippen molar-refractivity contribution in [3.63, 3.8) is 0 Å². The normalized spacial score (nSPS) is 10.4. The van der Waals surface area contributed by atoms with Gasteiger partial charge in [-0.2, -0.15) is 0 Å². The predicted molar refractivity (Wildman–Crippen MR) is 89.0 cm³/mol. The summed E-state index contributed by atoms with van der Waals surface area (Å²) in [4.78, 5) is 2.06. The van der Waals surface area contributed by atoms with Crippen LogP contribution in [0.4, 0.5) is 17.1 Å². The summed E-state index contributed by atoms with van der Waals surface area (Å²) < 4.78 is 6.43. The van der Waals surface area contributed by atoms with Crippen molar-refractivity contribution in [1.29, 1.82) is 0 Å². The van der Waals surface area contributed by atoms with Gasteiger partial charge in [0.2, 0.25) is 0 Å². The Labute approximate surface area is 128 Å². The molecule has 0 spiro atoms. The van der Waals surface area contributed by atoms with Gasteiger partial charge in [0.05, 0.1) is 24.2 Å². The van der Waals surface area contributed by atoms with Crippen molar-refractivity contribution >= 4 is 33.0 Å². The number of nitrogen functional groups attached to an aromatic ring is 1. The summed E-state index contributed by atoms with van der Waals surface area (Å²) in [6.07, 6.45) is 0.987. The summed E-state index contributed by atoms with van der Waals surface area (Å²) >= 11 is 3.43. The second-order valence-corrected chi connectivity index (χ2v) is 5.54. The minimum Gasteiger partial charge on any atom is -0.495 e. The monoisotopic (exact) mass is 334 g/mol. The summed E-state index contributed by atoms with van der Waals surface area (Å²) in [5, 5.41) is 0. The molecule has 20 heavy (non-hydrogen) atoms. The maximum Gasteiger partial charge on any atom is 0.142 e. The predicted octanol–water partition coefficient (Wildman–Crippen LogP) is 4.37. The average Bonchev–Trinajstić information content (AvgIpc) is 2.46. The number of hydrogen-bond acceptors (Lipinski definition) is 3. The van der Waals surface area contributed by atoms with Gasteiger partial charge in [-0.1, -0.05) is 28.9 Å². The Balaban J connectivity index is 2.48. The third-order valence-corrected chi connectivity index (χ3v) is 3.86. The molecule has 0 amide bonds. The molecule has 0 fully saturated rings. The molecule has 0 heterocycles. The Kier molecular flexibility index (Phi) is 4.55. The van der Waals surface area contributed by atoms with Crippen molar-refractivity contribution in [3.8, 4) is 5.75 Å². The summed E-state index contributed by atoms with van der Waals surface area (Å²) in [6, 6.07) is 12.1. The number of ether oxygens (including phenoxy) is 1. The molecule has 0 unspecified atom stereocenters. The molecule has 0 aliphatic carbocycles. The molecule has 0 saturated heterocycles. The molecule has 0 radical (unpaired) electrons. The maximum absolute atomic E-state index is 6.11. The zero-order chi connectivity index (χ0) is 14.7. The second-order valence-electron chi connectivity index (χ2n) is 4.62. The number of methoxy groups -OCH3 is 1. The van der Waals surface area contributed by atoms with Gasteiger partial charge < -0.3 is 15.4 Å². The highest BCUT2D eigenvalue weighted by Gasteiger charge is 2.13. The van der Waals surface area contributed by atoms with E-state index in [2.05, 4.69) is 39.9 Å². The SMILES string of the molecule is CCc1ccc(OC)c(N(C)c2ccc(Br)cc2N)c1. The zero-order valence-electron chi connectivity index (χ0n) is 12.0. The molecule has 2 aromatic rings. The molecule has 0 saturated carbocycles. The zero-order valence-corrected chi connectivity index (χ0v) is 13.6. The molecule has 0 atom stereocenters. The van der Waals surface area contributed by atoms with Crippen molar-refractivity contribution in [2.24, 2.45) is 0 Å². The Morgan fingerprint density at radius 1 is 1.15 bits per heavy atom. The van der Waals surface area contributed by atoms with Gasteiger partial charge in [-0.25, -0.2) is 0 Å². The Bertz CT molecular complexity index is 613. The molecule has 0 aliphatic heterocycles. The maximum atomic E-state index is 6.11. The van der Waals surface area contributed by atoms with E-state index in [1.165, 1.54) is 5.56 Å². The van der Waals surface area contributed by atoms with Gasteiger partial charge in [0.25, 0.3) is 0 Å². The first kappa shape index (κ1) is 14.7. The molecule has 3 nitrogen and oxygen atoms in total. The summed E-state index contributed by atoms with van der Waals surface area (Å²) in [5.41, 5.74) is 10.1. The fourth-order valence-corrected chi connectivity index (χ4v) is 2.56. The van der Waals surface area contributed by atoms with Gasteiger partial charge in [0.15, 0.2) is 0 Å². The van der Waals surface area contributed by atoms with E-state index in [-0.39, 0.29) is 0 Å². The summed E-state index contributed by atoms with van der Waals surface area (Å²) in [7, 11) is 3.68. The highest BCUT2D eigenvalue weighted by Crippen LogP contribution is 2.36. The lowest BCUT2D eigenvalue weighted by Gasteiger charge is -2.24. The van der Waals surface area contributed by atoms with Gasteiger partial charge in [-0.15, -0.1) is 0 Å². The molecule has 0 aliphatic rings. The fourth-order valence-electron chi connectivity index (χ4n) is 2.18. The lowest BCUT2D eigenvalue weighted by molar-refractivity contribution is 0.415. The first-order valence-corrected chi connectivity index (χ1v) is 7.31. The number of hydrogen-bond donors (Lipinski definition) is 1. The molecule has 0 aromatic heterocycles. The van der Waals surface area contributed by atoms with Crippen molar-refractivity contribution in [2.75, 3.05) is 24.8 Å². The van der Waals surface area contributed by atoms with Crippen molar-refractivity contribution in [3.05, 3.63) is 46.4 Å². The fraction of sp³-hybridized carbons (Fsp3) is 0.250. The van der Waals surface area contributed by atoms with E-state index in [4.69, 9.17) is 10.5 Å². The van der Waals surface area contributed by atoms with Gasteiger partial charge in [-0.3, -0.25) is 0 Å². The van der Waals surface area contributed by atoms with Crippen LogP contribution in [0.25, 0.3) is 0 Å². The van der Waals surface area contributed by atoms with E-state index >= 15 is 0 Å². The van der Waals surface area contributed by atoms with Crippen LogP contribution in [0.5, 0.6) is 5.75 Å². The highest BCUT2D eigenvalue weighted by atomic mass is 79.9. The first-order valence-electron chi connectivity index (χ1n) is 6.52. The van der Waals surface area contributed by atoms with E-state index in [0.29, 0.717) is 0 Å². The quantitative estimate of drug-likeness (QED) is 0.843. The number of aryl methyl sites for hydroxylation is 1. The summed E-state index contributed by atoms with van der Waals surface area (Å²) in [5.74, 6) is 0.840. The Hall–Kier alpha value is -1.68. The molecular formula is C16H19BrN2O. The van der Waals surface area contributed by atoms with E-state index in [1.807, 2.05) is 31.3 Å². The largest absolute Gasteiger partial charge is 0.495 e. The van der Waals surface area contributed by atoms with Crippen LogP contribution in [0.3, 0.4) is 0 Å². The van der Waals surface area contributed by atoms with E-state index in [0.717, 1.165) is 33.7 Å². The van der Waals surface area contributed by atoms with Crippen LogP contribution in [0.1, 0.15) is 12.5 Å². The number of halogens is 1. The summed E-state index contributed by atoms with van der Waals surface area (Å²) in [6.45, 7) is 2.14. The minimum atomic E-state index is 0.728. The van der Waals surface area contributed by atoms with Crippen molar-refractivity contribution < 1.29 is 4.74 Å². The van der Waals surface area contributed by atoms with Gasteiger partial charge in [-0.05, 0) is 42.3 Å². The number of benzene rings is 2. The smallest absolute Gasteiger partial charge is 0.142 e. The Morgan fingerprint density at radius 2 is 1.90 bits per heavy atom. The van der Waals surface area contributed by atoms with Crippen LogP contribution < -0.4 is 15.4 Å². The minimum absolute atomic E-state index is 0.728. The number of nitrogens with zero attached hydrogens (tertiary/aromatic N) is 1. The standard InChI is InChI=1S/C16H19BrN2O/c1-4-11-5-8-16(20-3)15(9-11)19(2)14-7-6-12(17)10-13(14)18/h5-10H,4,18H2,1-3H3.